The molecule has 3 nitrogen and oxygen atoms in total. The number of rotatable bonds is 4. The van der Waals surface area contributed by atoms with Crippen LogP contribution >= 0.6 is 0 Å². The van der Waals surface area contributed by atoms with Crippen molar-refractivity contribution in [2.75, 3.05) is 0 Å². The van der Waals surface area contributed by atoms with Crippen molar-refractivity contribution < 1.29 is 31.9 Å². The van der Waals surface area contributed by atoms with Crippen molar-refractivity contribution in [2.45, 2.75) is 39.4 Å². The van der Waals surface area contributed by atoms with E-state index < -0.39 is 52.9 Å². The Hall–Kier alpha value is -2.48. The van der Waals surface area contributed by atoms with Crippen molar-refractivity contribution in [1.29, 1.82) is 0 Å². The van der Waals surface area contributed by atoms with Crippen LogP contribution in [0.1, 0.15) is 40.3 Å². The minimum Gasteiger partial charge on any atom is -0.481 e. The zero-order chi connectivity index (χ0) is 20.7. The quantitative estimate of drug-likeness (QED) is 0.722. The number of carbonyl (C=O) groups is 1. The van der Waals surface area contributed by atoms with Crippen LogP contribution in [-0.4, -0.2) is 11.1 Å². The van der Waals surface area contributed by atoms with Gasteiger partial charge in [-0.25, -0.2) is 8.78 Å². The Morgan fingerprint density at radius 1 is 1.07 bits per heavy atom. The molecular formula is C19H18F5NO2. The van der Waals surface area contributed by atoms with Crippen LogP contribution in [0.2, 0.25) is 0 Å². The smallest absolute Gasteiger partial charge is 0.419 e. The van der Waals surface area contributed by atoms with Crippen LogP contribution in [0.5, 0.6) is 0 Å². The van der Waals surface area contributed by atoms with Gasteiger partial charge in [0.25, 0.3) is 0 Å². The highest BCUT2D eigenvalue weighted by Gasteiger charge is 2.38. The molecule has 0 amide bonds. The van der Waals surface area contributed by atoms with Gasteiger partial charge >= 0.3 is 12.1 Å². The third kappa shape index (κ3) is 4.10. The second kappa shape index (κ2) is 7.26. The lowest BCUT2D eigenvalue weighted by atomic mass is 9.88. The normalized spacial score (nSPS) is 12.9. The topological polar surface area (TPSA) is 63.3 Å². The minimum absolute atomic E-state index is 0.187. The van der Waals surface area contributed by atoms with Crippen molar-refractivity contribution in [3.05, 3.63) is 57.7 Å². The fraction of sp³-hybridized carbons (Fsp3) is 0.316. The van der Waals surface area contributed by atoms with Crippen molar-refractivity contribution in [3.63, 3.8) is 0 Å². The molecule has 0 spiro atoms. The molecule has 8 heteroatoms. The summed E-state index contributed by atoms with van der Waals surface area (Å²) in [7, 11) is 0. The second-order valence-corrected chi connectivity index (χ2v) is 6.49. The first-order valence-corrected chi connectivity index (χ1v) is 7.99. The molecule has 1 atom stereocenters. The van der Waals surface area contributed by atoms with E-state index in [2.05, 4.69) is 0 Å². The van der Waals surface area contributed by atoms with Crippen LogP contribution in [-0.2, 0) is 11.0 Å². The molecule has 2 rings (SSSR count). The Labute approximate surface area is 152 Å². The molecule has 1 unspecified atom stereocenters. The van der Waals surface area contributed by atoms with Gasteiger partial charge in [0.1, 0.15) is 11.6 Å². The maximum atomic E-state index is 15.1. The molecular weight excluding hydrogens is 369 g/mol. The van der Waals surface area contributed by atoms with E-state index in [1.54, 1.807) is 32.9 Å². The third-order valence-corrected chi connectivity index (χ3v) is 4.25. The predicted octanol–water partition coefficient (Wildman–Crippen LogP) is 5.05. The Bertz CT molecular complexity index is 883. The average Bonchev–Trinajstić information content (AvgIpc) is 2.46. The van der Waals surface area contributed by atoms with E-state index in [0.717, 1.165) is 5.56 Å². The first-order chi connectivity index (χ1) is 12.3. The molecule has 0 radical (unpaired) electrons. The lowest BCUT2D eigenvalue weighted by Gasteiger charge is -2.21. The molecule has 0 heterocycles. The molecule has 146 valence electrons. The first kappa shape index (κ1) is 20.8. The van der Waals surface area contributed by atoms with E-state index in [1.807, 2.05) is 0 Å². The van der Waals surface area contributed by atoms with Gasteiger partial charge in [0.2, 0.25) is 0 Å². The molecule has 2 aromatic carbocycles. The van der Waals surface area contributed by atoms with E-state index in [4.69, 9.17) is 10.8 Å². The van der Waals surface area contributed by atoms with Crippen LogP contribution in [0, 0.1) is 32.4 Å². The second-order valence-electron chi connectivity index (χ2n) is 6.49. The standard InChI is InChI=1S/C19H18F5NO2/c1-8-4-9(2)15(10(3)5-8)11-6-12(19(22,23)24)18(21)16(17(11)20)13(25)7-14(26)27/h4-6,13H,7,25H2,1-3H3,(H,26,27). The van der Waals surface area contributed by atoms with Crippen LogP contribution < -0.4 is 5.73 Å². The highest BCUT2D eigenvalue weighted by atomic mass is 19.4. The number of aryl methyl sites for hydroxylation is 3. The fourth-order valence-electron chi connectivity index (χ4n) is 3.27. The summed E-state index contributed by atoms with van der Waals surface area (Å²) >= 11 is 0. The van der Waals surface area contributed by atoms with Gasteiger partial charge in [0.05, 0.1) is 12.0 Å². The number of hydrogen-bond donors (Lipinski definition) is 2. The van der Waals surface area contributed by atoms with E-state index >= 15 is 4.39 Å². The molecule has 27 heavy (non-hydrogen) atoms. The first-order valence-electron chi connectivity index (χ1n) is 7.99. The maximum Gasteiger partial charge on any atom is 0.419 e. The monoisotopic (exact) mass is 387 g/mol. The van der Waals surface area contributed by atoms with Crippen molar-refractivity contribution >= 4 is 5.97 Å². The van der Waals surface area contributed by atoms with Crippen molar-refractivity contribution in [3.8, 4) is 11.1 Å². The van der Waals surface area contributed by atoms with Gasteiger partial charge in [-0.3, -0.25) is 4.79 Å². The Balaban J connectivity index is 2.89. The summed E-state index contributed by atoms with van der Waals surface area (Å²) in [6.07, 6.45) is -6.02. The van der Waals surface area contributed by atoms with E-state index in [9.17, 15) is 22.4 Å². The summed E-state index contributed by atoms with van der Waals surface area (Å²) in [5.74, 6) is -4.66. The SMILES string of the molecule is Cc1cc(C)c(-c2cc(C(F)(F)F)c(F)c(C(N)CC(=O)O)c2F)c(C)c1. The van der Waals surface area contributed by atoms with E-state index in [-0.39, 0.29) is 5.56 Å². The number of alkyl halides is 3. The van der Waals surface area contributed by atoms with Crippen LogP contribution in [0.25, 0.3) is 11.1 Å². The van der Waals surface area contributed by atoms with Gasteiger partial charge in [0.15, 0.2) is 0 Å². The molecule has 3 N–H and O–H groups in total. The zero-order valence-corrected chi connectivity index (χ0v) is 14.8. The summed E-state index contributed by atoms with van der Waals surface area (Å²) in [5.41, 5.74) is 4.32. The Morgan fingerprint density at radius 2 is 1.59 bits per heavy atom. The zero-order valence-electron chi connectivity index (χ0n) is 14.8. The van der Waals surface area contributed by atoms with Crippen LogP contribution in [0.4, 0.5) is 22.0 Å². The van der Waals surface area contributed by atoms with Gasteiger partial charge < -0.3 is 10.8 Å². The molecule has 2 aromatic rings. The fourth-order valence-corrected chi connectivity index (χ4v) is 3.27. The maximum absolute atomic E-state index is 15.1. The van der Waals surface area contributed by atoms with Crippen LogP contribution in [0.15, 0.2) is 18.2 Å². The van der Waals surface area contributed by atoms with Crippen molar-refractivity contribution in [2.24, 2.45) is 5.73 Å². The molecule has 0 aliphatic carbocycles. The Morgan fingerprint density at radius 3 is 2.04 bits per heavy atom. The summed E-state index contributed by atoms with van der Waals surface area (Å²) in [6, 6.07) is 1.96. The molecule has 0 bridgehead atoms. The number of carboxylic acid groups (broad SMARTS) is 1. The van der Waals surface area contributed by atoms with E-state index in [1.165, 1.54) is 0 Å². The molecule has 0 aliphatic heterocycles. The highest BCUT2D eigenvalue weighted by Crippen LogP contribution is 2.41. The molecule has 0 saturated heterocycles. The largest absolute Gasteiger partial charge is 0.481 e. The van der Waals surface area contributed by atoms with E-state index in [0.29, 0.717) is 17.2 Å². The number of halogens is 5. The molecule has 0 aliphatic rings. The number of aliphatic carboxylic acids is 1. The predicted molar refractivity (Wildman–Crippen MR) is 90.2 cm³/mol. The van der Waals surface area contributed by atoms with Crippen molar-refractivity contribution in [1.82, 2.24) is 0 Å². The number of hydrogen-bond acceptors (Lipinski definition) is 2. The summed E-state index contributed by atoms with van der Waals surface area (Å²) in [4.78, 5) is 10.8. The van der Waals surface area contributed by atoms with Gasteiger partial charge in [-0.05, 0) is 43.5 Å². The van der Waals surface area contributed by atoms with Gasteiger partial charge in [-0.1, -0.05) is 17.7 Å². The number of benzene rings is 2. The summed E-state index contributed by atoms with van der Waals surface area (Å²) in [5, 5.41) is 8.81. The molecule has 0 aromatic heterocycles. The lowest BCUT2D eigenvalue weighted by Crippen LogP contribution is -2.21. The molecule has 0 fully saturated rings. The lowest BCUT2D eigenvalue weighted by molar-refractivity contribution is -0.140. The minimum atomic E-state index is -5.10. The number of nitrogens with two attached hydrogens (primary N) is 1. The van der Waals surface area contributed by atoms with Gasteiger partial charge in [-0.2, -0.15) is 13.2 Å². The van der Waals surface area contributed by atoms with Gasteiger partial charge in [0, 0.05) is 17.2 Å². The molecule has 0 saturated carbocycles. The third-order valence-electron chi connectivity index (χ3n) is 4.25. The Kier molecular flexibility index (Phi) is 5.60. The summed E-state index contributed by atoms with van der Waals surface area (Å²) in [6.45, 7) is 4.98. The average molecular weight is 387 g/mol. The number of carboxylic acids is 1. The van der Waals surface area contributed by atoms with Gasteiger partial charge in [-0.15, -0.1) is 0 Å². The van der Waals surface area contributed by atoms with Crippen LogP contribution in [0.3, 0.4) is 0 Å². The highest BCUT2D eigenvalue weighted by molar-refractivity contribution is 5.74. The summed E-state index contributed by atoms with van der Waals surface area (Å²) < 4.78 is 69.5.